The number of aromatic carboxylic acids is 1. The molecule has 0 spiro atoms. The molecule has 5 nitrogen and oxygen atoms in total. The molecule has 2 N–H and O–H groups in total. The minimum Gasteiger partial charge on any atom is -0.493 e. The van der Waals surface area contributed by atoms with Gasteiger partial charge in [0.05, 0.1) is 21.8 Å². The van der Waals surface area contributed by atoms with Crippen LogP contribution in [0.4, 0.5) is 5.69 Å². The van der Waals surface area contributed by atoms with Crippen LogP contribution in [0.15, 0.2) is 53.5 Å². The van der Waals surface area contributed by atoms with Crippen molar-refractivity contribution in [3.05, 3.63) is 68.5 Å². The number of carboxylic acids is 1. The smallest absolute Gasteiger partial charge is 0.335 e. The highest BCUT2D eigenvalue weighted by Gasteiger charge is 2.20. The van der Waals surface area contributed by atoms with Crippen LogP contribution in [0.3, 0.4) is 0 Å². The van der Waals surface area contributed by atoms with Crippen LogP contribution in [-0.4, -0.2) is 26.5 Å². The van der Waals surface area contributed by atoms with E-state index in [1.807, 2.05) is 37.3 Å². The topological polar surface area (TPSA) is 74.8 Å². The maximum Gasteiger partial charge on any atom is 0.335 e. The van der Waals surface area contributed by atoms with E-state index in [9.17, 15) is 15.0 Å². The number of hydrogen-bond acceptors (Lipinski definition) is 5. The van der Waals surface area contributed by atoms with Crippen LogP contribution in [0.1, 0.15) is 27.7 Å². The summed E-state index contributed by atoms with van der Waals surface area (Å²) >= 11 is 6.68. The van der Waals surface area contributed by atoms with Crippen LogP contribution in [0, 0.1) is 3.95 Å². The van der Waals surface area contributed by atoms with Crippen molar-refractivity contribution in [3.63, 3.8) is 0 Å². The zero-order chi connectivity index (χ0) is 19.1. The predicted octanol–water partition coefficient (Wildman–Crippen LogP) is 5.32. The Bertz CT molecular complexity index is 1200. The molecule has 2 heterocycles. The van der Waals surface area contributed by atoms with Gasteiger partial charge in [-0.15, -0.1) is 11.3 Å². The number of nitrogens with zero attached hydrogens (tertiary/aromatic N) is 2. The number of rotatable bonds is 3. The molecule has 1 aromatic heterocycles. The summed E-state index contributed by atoms with van der Waals surface area (Å²) < 4.78 is 1.91. The third-order valence-corrected chi connectivity index (χ3v) is 5.62. The Balaban J connectivity index is 1.84. The van der Waals surface area contributed by atoms with Gasteiger partial charge in [-0.2, -0.15) is 0 Å². The van der Waals surface area contributed by atoms with E-state index in [-0.39, 0.29) is 11.4 Å². The number of benzene rings is 2. The van der Waals surface area contributed by atoms with Crippen molar-refractivity contribution < 1.29 is 15.0 Å². The Kier molecular flexibility index (Phi) is 4.25. The van der Waals surface area contributed by atoms with Gasteiger partial charge < -0.3 is 10.2 Å². The number of para-hydroxylation sites is 1. The number of aliphatic imine (C=N–C) groups is 1. The van der Waals surface area contributed by atoms with E-state index < -0.39 is 5.97 Å². The largest absolute Gasteiger partial charge is 0.493 e. The molecule has 0 saturated carbocycles. The molecule has 0 fully saturated rings. The minimum atomic E-state index is -1.03. The molecule has 27 heavy (non-hydrogen) atoms. The number of thiazole rings is 1. The van der Waals surface area contributed by atoms with Crippen LogP contribution in [0.25, 0.3) is 17.3 Å². The summed E-state index contributed by atoms with van der Waals surface area (Å²) in [6.07, 6.45) is 1.87. The van der Waals surface area contributed by atoms with E-state index >= 15 is 0 Å². The van der Waals surface area contributed by atoms with Gasteiger partial charge >= 0.3 is 5.97 Å². The molecule has 3 aromatic rings. The van der Waals surface area contributed by atoms with Crippen molar-refractivity contribution in [2.24, 2.45) is 4.99 Å². The lowest BCUT2D eigenvalue weighted by Crippen LogP contribution is -1.99. The lowest BCUT2D eigenvalue weighted by molar-refractivity contribution is 0.0697. The second kappa shape index (κ2) is 6.61. The molecule has 134 valence electrons. The number of carboxylic acid groups (broad SMARTS) is 1. The first-order chi connectivity index (χ1) is 13.0. The standard InChI is InChI=1S/C20H14N2O3S2/c1-11-15(14-7-2-3-8-16(14)21-11)10-17-18(23)22(20(26)27-17)13-6-4-5-12(9-13)19(24)25/h2-10,23H,1H3,(H,24,25). The molecule has 0 bridgehead atoms. The van der Waals surface area contributed by atoms with Crippen molar-refractivity contribution >= 4 is 52.6 Å². The zero-order valence-corrected chi connectivity index (χ0v) is 15.8. The average molecular weight is 394 g/mol. The van der Waals surface area contributed by atoms with Crippen molar-refractivity contribution in [2.45, 2.75) is 6.92 Å². The van der Waals surface area contributed by atoms with Gasteiger partial charge in [0.2, 0.25) is 5.88 Å². The molecule has 4 rings (SSSR count). The van der Waals surface area contributed by atoms with E-state index in [4.69, 9.17) is 12.2 Å². The first-order valence-electron chi connectivity index (χ1n) is 8.11. The highest BCUT2D eigenvalue weighted by atomic mass is 32.1. The lowest BCUT2D eigenvalue weighted by Gasteiger charge is -2.06. The summed E-state index contributed by atoms with van der Waals surface area (Å²) in [5.41, 5.74) is 4.35. The third kappa shape index (κ3) is 3.01. The van der Waals surface area contributed by atoms with Crippen LogP contribution >= 0.6 is 23.6 Å². The zero-order valence-electron chi connectivity index (χ0n) is 14.2. The number of fused-ring (bicyclic) bond motifs is 1. The van der Waals surface area contributed by atoms with Gasteiger partial charge in [0, 0.05) is 16.8 Å². The molecular weight excluding hydrogens is 380 g/mol. The molecule has 0 unspecified atom stereocenters. The average Bonchev–Trinajstić information content (AvgIpc) is 3.11. The first-order valence-corrected chi connectivity index (χ1v) is 9.33. The summed E-state index contributed by atoms with van der Waals surface area (Å²) in [6, 6.07) is 14.1. The Morgan fingerprint density at radius 2 is 2.00 bits per heavy atom. The van der Waals surface area contributed by atoms with Crippen LogP contribution in [0.5, 0.6) is 5.88 Å². The second-order valence-electron chi connectivity index (χ2n) is 6.02. The molecule has 0 saturated heterocycles. The van der Waals surface area contributed by atoms with Crippen LogP contribution in [-0.2, 0) is 0 Å². The Morgan fingerprint density at radius 3 is 2.78 bits per heavy atom. The maximum absolute atomic E-state index is 11.2. The van der Waals surface area contributed by atoms with Crippen LogP contribution < -0.4 is 0 Å². The summed E-state index contributed by atoms with van der Waals surface area (Å²) in [7, 11) is 0. The highest BCUT2D eigenvalue weighted by molar-refractivity contribution is 7.73. The summed E-state index contributed by atoms with van der Waals surface area (Å²) in [4.78, 5) is 16.4. The van der Waals surface area contributed by atoms with Crippen molar-refractivity contribution in [3.8, 4) is 11.6 Å². The molecule has 0 amide bonds. The molecule has 2 aromatic carbocycles. The predicted molar refractivity (Wildman–Crippen MR) is 110 cm³/mol. The lowest BCUT2D eigenvalue weighted by atomic mass is 10.0. The van der Waals surface area contributed by atoms with Crippen molar-refractivity contribution in [2.75, 3.05) is 0 Å². The molecule has 1 aliphatic rings. The molecule has 1 aliphatic heterocycles. The molecule has 7 heteroatoms. The Morgan fingerprint density at radius 1 is 1.22 bits per heavy atom. The normalized spacial score (nSPS) is 14.3. The number of aromatic hydroxyl groups is 1. The molecule has 0 atom stereocenters. The third-order valence-electron chi connectivity index (χ3n) is 4.31. The van der Waals surface area contributed by atoms with Gasteiger partial charge in [0.25, 0.3) is 0 Å². The SMILES string of the molecule is CC1=Nc2ccccc2C1=Cc1sc(=S)n(-c2cccc(C(=O)O)c2)c1O. The Hall–Kier alpha value is -3.03. The highest BCUT2D eigenvalue weighted by Crippen LogP contribution is 2.39. The number of hydrogen-bond donors (Lipinski definition) is 2. The summed E-state index contributed by atoms with van der Waals surface area (Å²) in [6.45, 7) is 1.93. The van der Waals surface area contributed by atoms with E-state index in [0.717, 1.165) is 22.5 Å². The fraction of sp³-hybridized carbons (Fsp3) is 0.0500. The van der Waals surface area contributed by atoms with Gasteiger partial charge in [-0.25, -0.2) is 4.79 Å². The second-order valence-corrected chi connectivity index (χ2v) is 7.69. The van der Waals surface area contributed by atoms with Crippen molar-refractivity contribution in [1.82, 2.24) is 4.57 Å². The van der Waals surface area contributed by atoms with Gasteiger partial charge in [0.1, 0.15) is 0 Å². The number of allylic oxidation sites excluding steroid dienone is 1. The minimum absolute atomic E-state index is 0.0165. The number of aromatic nitrogens is 1. The van der Waals surface area contributed by atoms with Gasteiger partial charge in [0.15, 0.2) is 3.95 Å². The van der Waals surface area contributed by atoms with Crippen molar-refractivity contribution in [1.29, 1.82) is 0 Å². The van der Waals surface area contributed by atoms with Gasteiger partial charge in [-0.05, 0) is 49.5 Å². The summed E-state index contributed by atoms with van der Waals surface area (Å²) in [5, 5.41) is 20.0. The monoisotopic (exact) mass is 394 g/mol. The summed E-state index contributed by atoms with van der Waals surface area (Å²) in [5.74, 6) is -1.05. The van der Waals surface area contributed by atoms with Gasteiger partial charge in [-0.3, -0.25) is 9.56 Å². The maximum atomic E-state index is 11.2. The van der Waals surface area contributed by atoms with Gasteiger partial charge in [-0.1, -0.05) is 24.3 Å². The van der Waals surface area contributed by atoms with E-state index in [1.54, 1.807) is 12.1 Å². The molecule has 0 aliphatic carbocycles. The first kappa shape index (κ1) is 17.4. The fourth-order valence-corrected chi connectivity index (χ4v) is 4.32. The Labute approximate surface area is 164 Å². The molecular formula is C20H14N2O3S2. The van der Waals surface area contributed by atoms with Crippen LogP contribution in [0.2, 0.25) is 0 Å². The van der Waals surface area contributed by atoms with E-state index in [0.29, 0.717) is 14.5 Å². The fourth-order valence-electron chi connectivity index (χ4n) is 3.03. The number of carbonyl (C=O) groups is 1. The molecule has 0 radical (unpaired) electrons. The van der Waals surface area contributed by atoms with E-state index in [1.165, 1.54) is 28.0 Å². The van der Waals surface area contributed by atoms with E-state index in [2.05, 4.69) is 4.99 Å². The quantitative estimate of drug-likeness (QED) is 0.590.